The Kier molecular flexibility index (Phi) is 5.00. The molecule has 0 unspecified atom stereocenters. The van der Waals surface area contributed by atoms with Crippen LogP contribution in [0.5, 0.6) is 0 Å². The summed E-state index contributed by atoms with van der Waals surface area (Å²) in [4.78, 5) is 7.57. The average molecular weight is 297 g/mol. The molecule has 0 atom stereocenters. The van der Waals surface area contributed by atoms with Crippen LogP contribution >= 0.6 is 0 Å². The first-order valence-corrected chi connectivity index (χ1v) is 16.2. The van der Waals surface area contributed by atoms with E-state index in [1.807, 2.05) is 0 Å². The predicted octanol–water partition coefficient (Wildman–Crippen LogP) is 4.35. The number of rotatable bonds is 5. The summed E-state index contributed by atoms with van der Waals surface area (Å²) in [6.45, 7) is 0. The summed E-state index contributed by atoms with van der Waals surface area (Å²) in [5.74, 6) is 0. The molecule has 0 heterocycles. The van der Waals surface area contributed by atoms with Gasteiger partial charge in [-0.1, -0.05) is 0 Å². The van der Waals surface area contributed by atoms with Crippen molar-refractivity contribution in [2.75, 3.05) is 0 Å². The minimum atomic E-state index is -1.46. The second kappa shape index (κ2) is 5.79. The SMILES string of the molecule is [CH3][Sn]([CH3])([CH3])[CH2]CCCc1ccccc1. The normalized spacial score (nSPS) is 11.6. The monoisotopic (exact) mass is 298 g/mol. The molecule has 0 saturated carbocycles. The Morgan fingerprint density at radius 2 is 1.57 bits per heavy atom. The molecule has 1 aromatic carbocycles. The average Bonchev–Trinajstić information content (AvgIpc) is 2.13. The van der Waals surface area contributed by atoms with Gasteiger partial charge in [0.2, 0.25) is 0 Å². The van der Waals surface area contributed by atoms with Crippen LogP contribution < -0.4 is 0 Å². The summed E-state index contributed by atoms with van der Waals surface area (Å²) in [5.41, 5.74) is 1.50. The molecule has 0 N–H and O–H groups in total. The van der Waals surface area contributed by atoms with Crippen molar-refractivity contribution >= 4 is 18.4 Å². The molecule has 14 heavy (non-hydrogen) atoms. The molecule has 1 rings (SSSR count). The van der Waals surface area contributed by atoms with Crippen LogP contribution in [0.25, 0.3) is 0 Å². The van der Waals surface area contributed by atoms with E-state index in [0.717, 1.165) is 0 Å². The first kappa shape index (κ1) is 12.1. The van der Waals surface area contributed by atoms with Gasteiger partial charge in [0.1, 0.15) is 0 Å². The van der Waals surface area contributed by atoms with E-state index in [2.05, 4.69) is 45.2 Å². The van der Waals surface area contributed by atoms with Crippen LogP contribution in [0.4, 0.5) is 0 Å². The molecule has 0 amide bonds. The van der Waals surface area contributed by atoms with Gasteiger partial charge < -0.3 is 0 Å². The predicted molar refractivity (Wildman–Crippen MR) is 67.5 cm³/mol. The molecule has 0 nitrogen and oxygen atoms in total. The molecule has 0 aromatic heterocycles. The van der Waals surface area contributed by atoms with E-state index in [1.165, 1.54) is 24.8 Å². The molecule has 1 heteroatoms. The van der Waals surface area contributed by atoms with Gasteiger partial charge in [0, 0.05) is 0 Å². The summed E-state index contributed by atoms with van der Waals surface area (Å²) in [7, 11) is 0. The molecule has 0 aliphatic heterocycles. The van der Waals surface area contributed by atoms with Crippen molar-refractivity contribution in [3.63, 3.8) is 0 Å². The molecule has 0 saturated heterocycles. The number of hydrogen-bond donors (Lipinski definition) is 0. The van der Waals surface area contributed by atoms with Gasteiger partial charge in [0.05, 0.1) is 0 Å². The van der Waals surface area contributed by atoms with Gasteiger partial charge in [-0.3, -0.25) is 0 Å². The van der Waals surface area contributed by atoms with E-state index in [4.69, 9.17) is 0 Å². The van der Waals surface area contributed by atoms with Gasteiger partial charge >= 0.3 is 92.8 Å². The first-order chi connectivity index (χ1) is 6.58. The molecule has 0 fully saturated rings. The third-order valence-electron chi connectivity index (χ3n) is 2.49. The van der Waals surface area contributed by atoms with Gasteiger partial charge in [-0.25, -0.2) is 0 Å². The van der Waals surface area contributed by atoms with Crippen molar-refractivity contribution in [1.82, 2.24) is 0 Å². The molecule has 0 radical (unpaired) electrons. The Bertz CT molecular complexity index is 246. The van der Waals surface area contributed by atoms with Crippen molar-refractivity contribution in [3.8, 4) is 0 Å². The summed E-state index contributed by atoms with van der Waals surface area (Å²) in [6, 6.07) is 10.8. The molecule has 0 aliphatic rings. The molecule has 1 aromatic rings. The Balaban J connectivity index is 2.17. The number of benzene rings is 1. The summed E-state index contributed by atoms with van der Waals surface area (Å²) < 4.78 is 1.54. The van der Waals surface area contributed by atoms with E-state index in [1.54, 1.807) is 4.44 Å². The topological polar surface area (TPSA) is 0 Å². The van der Waals surface area contributed by atoms with E-state index in [-0.39, 0.29) is 0 Å². The second-order valence-corrected chi connectivity index (χ2v) is 21.3. The van der Waals surface area contributed by atoms with Crippen LogP contribution in [0, 0.1) is 0 Å². The molecular weight excluding hydrogens is 275 g/mol. The number of hydrogen-bond acceptors (Lipinski definition) is 0. The van der Waals surface area contributed by atoms with Crippen molar-refractivity contribution < 1.29 is 0 Å². The Labute approximate surface area is 92.6 Å². The maximum absolute atomic E-state index is 2.52. The van der Waals surface area contributed by atoms with Gasteiger partial charge in [-0.15, -0.1) is 0 Å². The van der Waals surface area contributed by atoms with Crippen LogP contribution in [-0.2, 0) is 6.42 Å². The summed E-state index contributed by atoms with van der Waals surface area (Å²) in [6.07, 6.45) is 4.08. The minimum absolute atomic E-state index is 1.27. The third-order valence-corrected chi connectivity index (χ3v) is 7.78. The van der Waals surface area contributed by atoms with Crippen molar-refractivity contribution in [2.45, 2.75) is 38.5 Å². The van der Waals surface area contributed by atoms with E-state index in [0.29, 0.717) is 0 Å². The van der Waals surface area contributed by atoms with Gasteiger partial charge in [0.25, 0.3) is 0 Å². The zero-order valence-corrected chi connectivity index (χ0v) is 12.6. The zero-order chi connectivity index (χ0) is 10.4. The van der Waals surface area contributed by atoms with E-state index in [9.17, 15) is 0 Å². The Morgan fingerprint density at radius 1 is 0.929 bits per heavy atom. The fourth-order valence-electron chi connectivity index (χ4n) is 1.63. The third kappa shape index (κ3) is 5.69. The standard InChI is InChI=1S/C10H13.3CH3.Sn/c1-2-3-7-10-8-5-4-6-9-10;;;;/h4-6,8-9H,1-3,7H2;3*1H3;. The zero-order valence-electron chi connectivity index (χ0n) is 9.72. The van der Waals surface area contributed by atoms with Crippen LogP contribution in [0.3, 0.4) is 0 Å². The maximum atomic E-state index is 2.52. The molecule has 0 spiro atoms. The summed E-state index contributed by atoms with van der Waals surface area (Å²) >= 11 is -1.46. The van der Waals surface area contributed by atoms with Gasteiger partial charge in [-0.05, 0) is 0 Å². The van der Waals surface area contributed by atoms with E-state index < -0.39 is 18.4 Å². The molecule has 0 aliphatic carbocycles. The quantitative estimate of drug-likeness (QED) is 0.560. The Morgan fingerprint density at radius 3 is 2.14 bits per heavy atom. The molecular formula is C13H22Sn. The van der Waals surface area contributed by atoms with Crippen molar-refractivity contribution in [1.29, 1.82) is 0 Å². The molecule has 0 bridgehead atoms. The first-order valence-electron chi connectivity index (χ1n) is 5.62. The number of unbranched alkanes of at least 4 members (excludes halogenated alkanes) is 1. The van der Waals surface area contributed by atoms with E-state index >= 15 is 0 Å². The van der Waals surface area contributed by atoms with Gasteiger partial charge in [0.15, 0.2) is 0 Å². The molecule has 78 valence electrons. The summed E-state index contributed by atoms with van der Waals surface area (Å²) in [5, 5.41) is 0. The van der Waals surface area contributed by atoms with Crippen LogP contribution in [0.1, 0.15) is 18.4 Å². The fourth-order valence-corrected chi connectivity index (χ4v) is 5.37. The Hall–Kier alpha value is 0.0187. The van der Waals surface area contributed by atoms with Crippen LogP contribution in [-0.4, -0.2) is 18.4 Å². The fraction of sp³-hybridized carbons (Fsp3) is 0.538. The van der Waals surface area contributed by atoms with Crippen molar-refractivity contribution in [2.24, 2.45) is 0 Å². The van der Waals surface area contributed by atoms with Gasteiger partial charge in [-0.2, -0.15) is 0 Å². The second-order valence-electron chi connectivity index (χ2n) is 5.25. The number of aryl methyl sites for hydroxylation is 1. The van der Waals surface area contributed by atoms with Crippen molar-refractivity contribution in [3.05, 3.63) is 35.9 Å². The van der Waals surface area contributed by atoms with Crippen LogP contribution in [0.2, 0.25) is 19.3 Å². The van der Waals surface area contributed by atoms with Crippen LogP contribution in [0.15, 0.2) is 30.3 Å².